The summed E-state index contributed by atoms with van der Waals surface area (Å²) in [6, 6.07) is 7.61. The van der Waals surface area contributed by atoms with E-state index in [-0.39, 0.29) is 24.9 Å². The lowest BCUT2D eigenvalue weighted by molar-refractivity contribution is -0.121. The van der Waals surface area contributed by atoms with E-state index in [2.05, 4.69) is 5.32 Å². The first-order valence-electron chi connectivity index (χ1n) is 8.33. The number of carbonyl (C=O) groups excluding carboxylic acids is 1. The number of hydrogen-bond donors (Lipinski definition) is 1. The van der Waals surface area contributed by atoms with Crippen molar-refractivity contribution in [3.8, 4) is 0 Å². The number of nitrogens with zero attached hydrogens (tertiary/aromatic N) is 1. The zero-order valence-electron chi connectivity index (χ0n) is 14.0. The monoisotopic (exact) mass is 372 g/mol. The molecule has 24 heavy (non-hydrogen) atoms. The number of sulfonamides is 1. The minimum atomic E-state index is -3.34. The standard InChI is InChI=1S/C17H25ClN2O3S/c1-24(22,23)20(12-10-14-6-8-15(18)9-7-14)13-11-17(21)19-16-4-2-3-5-16/h6-9,16H,2-5,10-13H2,1H3,(H,19,21). The number of rotatable bonds is 8. The molecule has 0 unspecified atom stereocenters. The molecule has 2 rings (SSSR count). The van der Waals surface area contributed by atoms with Crippen LogP contribution in [0.25, 0.3) is 0 Å². The van der Waals surface area contributed by atoms with Crippen molar-refractivity contribution in [1.82, 2.24) is 9.62 Å². The van der Waals surface area contributed by atoms with E-state index in [0.717, 1.165) is 31.2 Å². The fraction of sp³-hybridized carbons (Fsp3) is 0.588. The van der Waals surface area contributed by atoms with Crippen LogP contribution in [-0.2, 0) is 21.2 Å². The van der Waals surface area contributed by atoms with Gasteiger partial charge in [0, 0.05) is 30.6 Å². The highest BCUT2D eigenvalue weighted by molar-refractivity contribution is 7.88. The summed E-state index contributed by atoms with van der Waals surface area (Å²) in [7, 11) is -3.34. The van der Waals surface area contributed by atoms with Gasteiger partial charge in [0.15, 0.2) is 0 Å². The molecule has 0 radical (unpaired) electrons. The van der Waals surface area contributed by atoms with E-state index in [9.17, 15) is 13.2 Å². The summed E-state index contributed by atoms with van der Waals surface area (Å²) in [5.41, 5.74) is 1.02. The van der Waals surface area contributed by atoms with E-state index in [4.69, 9.17) is 11.6 Å². The average Bonchev–Trinajstić information content (AvgIpc) is 3.00. The van der Waals surface area contributed by atoms with Gasteiger partial charge in [-0.2, -0.15) is 0 Å². The third-order valence-electron chi connectivity index (χ3n) is 4.34. The summed E-state index contributed by atoms with van der Waals surface area (Å²) in [4.78, 5) is 12.0. The average molecular weight is 373 g/mol. The highest BCUT2D eigenvalue weighted by Crippen LogP contribution is 2.17. The van der Waals surface area contributed by atoms with Gasteiger partial charge in [-0.3, -0.25) is 4.79 Å². The molecule has 1 fully saturated rings. The predicted molar refractivity (Wildman–Crippen MR) is 96.6 cm³/mol. The molecule has 1 aliphatic carbocycles. The van der Waals surface area contributed by atoms with E-state index in [0.29, 0.717) is 18.0 Å². The summed E-state index contributed by atoms with van der Waals surface area (Å²) in [5, 5.41) is 3.65. The normalized spacial score (nSPS) is 15.8. The topological polar surface area (TPSA) is 66.5 Å². The minimum Gasteiger partial charge on any atom is -0.353 e. The van der Waals surface area contributed by atoms with Crippen molar-refractivity contribution >= 4 is 27.5 Å². The second-order valence-electron chi connectivity index (χ2n) is 6.34. The molecule has 1 amide bonds. The Bertz CT molecular complexity index is 640. The Morgan fingerprint density at radius 2 is 1.83 bits per heavy atom. The summed E-state index contributed by atoms with van der Waals surface area (Å²) >= 11 is 5.85. The largest absolute Gasteiger partial charge is 0.353 e. The van der Waals surface area contributed by atoms with Crippen molar-refractivity contribution in [2.24, 2.45) is 0 Å². The highest BCUT2D eigenvalue weighted by Gasteiger charge is 2.20. The first-order chi connectivity index (χ1) is 11.3. The number of hydrogen-bond acceptors (Lipinski definition) is 3. The summed E-state index contributed by atoms with van der Waals surface area (Å²) in [6.07, 6.45) is 6.33. The van der Waals surface area contributed by atoms with Crippen LogP contribution in [0.3, 0.4) is 0 Å². The van der Waals surface area contributed by atoms with E-state index < -0.39 is 10.0 Å². The van der Waals surface area contributed by atoms with Crippen LogP contribution in [-0.4, -0.2) is 44.0 Å². The molecule has 0 heterocycles. The zero-order valence-corrected chi connectivity index (χ0v) is 15.6. The third-order valence-corrected chi connectivity index (χ3v) is 5.90. The van der Waals surface area contributed by atoms with Gasteiger partial charge in [-0.25, -0.2) is 12.7 Å². The maximum absolute atomic E-state index is 12.0. The second kappa shape index (κ2) is 8.83. The van der Waals surface area contributed by atoms with Crippen molar-refractivity contribution in [3.05, 3.63) is 34.9 Å². The van der Waals surface area contributed by atoms with Gasteiger partial charge in [-0.05, 0) is 37.0 Å². The predicted octanol–water partition coefficient (Wildman–Crippen LogP) is 2.59. The minimum absolute atomic E-state index is 0.0676. The SMILES string of the molecule is CS(=O)(=O)N(CCC(=O)NC1CCCC1)CCc1ccc(Cl)cc1. The van der Waals surface area contributed by atoms with E-state index in [1.165, 1.54) is 10.6 Å². The van der Waals surface area contributed by atoms with Crippen LogP contribution in [0.5, 0.6) is 0 Å². The van der Waals surface area contributed by atoms with Gasteiger partial charge in [0.25, 0.3) is 0 Å². The molecule has 1 N–H and O–H groups in total. The fourth-order valence-electron chi connectivity index (χ4n) is 2.94. The molecular formula is C17H25ClN2O3S. The molecule has 5 nitrogen and oxygen atoms in total. The maximum atomic E-state index is 12.0. The van der Waals surface area contributed by atoms with Gasteiger partial charge in [0.05, 0.1) is 6.26 Å². The molecule has 0 aliphatic heterocycles. The number of halogens is 1. The third kappa shape index (κ3) is 6.42. The molecule has 1 saturated carbocycles. The molecule has 134 valence electrons. The Balaban J connectivity index is 1.84. The van der Waals surface area contributed by atoms with Crippen molar-refractivity contribution in [2.45, 2.75) is 44.6 Å². The molecule has 1 aromatic carbocycles. The maximum Gasteiger partial charge on any atom is 0.221 e. The highest BCUT2D eigenvalue weighted by atomic mass is 35.5. The van der Waals surface area contributed by atoms with Gasteiger partial charge in [-0.1, -0.05) is 36.6 Å². The quantitative estimate of drug-likeness (QED) is 0.762. The van der Waals surface area contributed by atoms with Crippen LogP contribution in [0, 0.1) is 0 Å². The number of amides is 1. The van der Waals surface area contributed by atoms with E-state index in [1.807, 2.05) is 12.1 Å². The zero-order chi connectivity index (χ0) is 17.6. The Kier molecular flexibility index (Phi) is 7.07. The smallest absolute Gasteiger partial charge is 0.221 e. The second-order valence-corrected chi connectivity index (χ2v) is 8.76. The Morgan fingerprint density at radius 1 is 1.21 bits per heavy atom. The number of nitrogens with one attached hydrogen (secondary N) is 1. The van der Waals surface area contributed by atoms with E-state index in [1.54, 1.807) is 12.1 Å². The van der Waals surface area contributed by atoms with Crippen molar-refractivity contribution in [2.75, 3.05) is 19.3 Å². The van der Waals surface area contributed by atoms with Gasteiger partial charge in [0.2, 0.25) is 15.9 Å². The number of carbonyl (C=O) groups is 1. The molecule has 0 atom stereocenters. The molecule has 0 bridgehead atoms. The Morgan fingerprint density at radius 3 is 2.42 bits per heavy atom. The molecule has 1 aliphatic rings. The molecule has 0 spiro atoms. The summed E-state index contributed by atoms with van der Waals surface area (Å²) in [6.45, 7) is 0.572. The Labute approximate surface area is 149 Å². The Hall–Kier alpha value is -1.11. The van der Waals surface area contributed by atoms with Gasteiger partial charge < -0.3 is 5.32 Å². The molecule has 0 aromatic heterocycles. The molecular weight excluding hydrogens is 348 g/mol. The number of benzene rings is 1. The van der Waals surface area contributed by atoms with Crippen LogP contribution in [0.1, 0.15) is 37.7 Å². The lowest BCUT2D eigenvalue weighted by Gasteiger charge is -2.20. The lowest BCUT2D eigenvalue weighted by Crippen LogP contribution is -2.38. The van der Waals surface area contributed by atoms with Crippen LogP contribution >= 0.6 is 11.6 Å². The van der Waals surface area contributed by atoms with Crippen molar-refractivity contribution in [1.29, 1.82) is 0 Å². The van der Waals surface area contributed by atoms with Gasteiger partial charge in [-0.15, -0.1) is 0 Å². The summed E-state index contributed by atoms with van der Waals surface area (Å²) in [5.74, 6) is -0.0676. The van der Waals surface area contributed by atoms with Gasteiger partial charge in [0.1, 0.15) is 0 Å². The van der Waals surface area contributed by atoms with Crippen LogP contribution in [0.15, 0.2) is 24.3 Å². The first kappa shape index (κ1) is 19.2. The van der Waals surface area contributed by atoms with E-state index >= 15 is 0 Å². The molecule has 7 heteroatoms. The summed E-state index contributed by atoms with van der Waals surface area (Å²) < 4.78 is 25.2. The van der Waals surface area contributed by atoms with Crippen LogP contribution < -0.4 is 5.32 Å². The van der Waals surface area contributed by atoms with Crippen molar-refractivity contribution < 1.29 is 13.2 Å². The van der Waals surface area contributed by atoms with Crippen molar-refractivity contribution in [3.63, 3.8) is 0 Å². The van der Waals surface area contributed by atoms with Gasteiger partial charge >= 0.3 is 0 Å². The molecule has 0 saturated heterocycles. The molecule has 1 aromatic rings. The fourth-order valence-corrected chi connectivity index (χ4v) is 3.92. The van der Waals surface area contributed by atoms with Crippen LogP contribution in [0.2, 0.25) is 5.02 Å². The lowest BCUT2D eigenvalue weighted by atomic mass is 10.1. The first-order valence-corrected chi connectivity index (χ1v) is 10.6. The van der Waals surface area contributed by atoms with Crippen LogP contribution in [0.4, 0.5) is 0 Å².